The normalized spacial score (nSPS) is 22.3. The van der Waals surface area contributed by atoms with Crippen LogP contribution in [-0.2, 0) is 16.6 Å². The number of nitrogens with one attached hydrogen (secondary N) is 1. The molecule has 1 saturated carbocycles. The van der Waals surface area contributed by atoms with Crippen molar-refractivity contribution in [2.45, 2.75) is 51.0 Å². The molecule has 0 bridgehead atoms. The molecule has 1 saturated heterocycles. The van der Waals surface area contributed by atoms with Gasteiger partial charge in [-0.2, -0.15) is 5.10 Å². The van der Waals surface area contributed by atoms with Crippen LogP contribution in [0.5, 0.6) is 0 Å². The number of anilines is 1. The fourth-order valence-corrected chi connectivity index (χ4v) is 3.53. The third-order valence-electron chi connectivity index (χ3n) is 4.58. The maximum absolute atomic E-state index is 13.1. The zero-order chi connectivity index (χ0) is 15.0. The molecule has 1 aliphatic carbocycles. The summed E-state index contributed by atoms with van der Waals surface area (Å²) in [7, 11) is 1.85. The van der Waals surface area contributed by atoms with E-state index in [0.717, 1.165) is 43.5 Å². The van der Waals surface area contributed by atoms with Crippen LogP contribution in [0.2, 0.25) is 0 Å². The monoisotopic (exact) mass is 290 g/mol. The number of aryl methyl sites for hydroxylation is 2. The molecule has 1 aromatic heterocycles. The Morgan fingerprint density at radius 3 is 2.57 bits per heavy atom. The van der Waals surface area contributed by atoms with Crippen LogP contribution in [-0.4, -0.2) is 33.7 Å². The third-order valence-corrected chi connectivity index (χ3v) is 4.58. The molecule has 2 aliphatic rings. The molecular formula is C15H22N4O2. The number of nitrogens with zero attached hydrogens (tertiary/aromatic N) is 3. The van der Waals surface area contributed by atoms with E-state index in [4.69, 9.17) is 0 Å². The Balaban J connectivity index is 1.98. The van der Waals surface area contributed by atoms with E-state index in [1.54, 1.807) is 9.58 Å². The Morgan fingerprint density at radius 2 is 1.95 bits per heavy atom. The summed E-state index contributed by atoms with van der Waals surface area (Å²) in [4.78, 5) is 26.9. The fourth-order valence-electron chi connectivity index (χ4n) is 3.53. The van der Waals surface area contributed by atoms with E-state index in [1.807, 2.05) is 20.2 Å². The Hall–Kier alpha value is -1.85. The van der Waals surface area contributed by atoms with Crippen LogP contribution in [0.15, 0.2) is 6.20 Å². The summed E-state index contributed by atoms with van der Waals surface area (Å²) < 4.78 is 1.71. The second kappa shape index (κ2) is 5.16. The molecule has 1 N–H and O–H groups in total. The van der Waals surface area contributed by atoms with Gasteiger partial charge in [-0.3, -0.25) is 14.3 Å². The molecule has 6 nitrogen and oxygen atoms in total. The summed E-state index contributed by atoms with van der Waals surface area (Å²) in [6.45, 7) is 2.33. The van der Waals surface area contributed by atoms with E-state index in [2.05, 4.69) is 10.4 Å². The van der Waals surface area contributed by atoms with E-state index in [0.29, 0.717) is 13.0 Å². The molecule has 1 aliphatic heterocycles. The molecule has 2 heterocycles. The smallest absolute Gasteiger partial charge is 0.252 e. The van der Waals surface area contributed by atoms with Crippen molar-refractivity contribution >= 4 is 17.5 Å². The van der Waals surface area contributed by atoms with Crippen LogP contribution < -0.4 is 10.2 Å². The molecular weight excluding hydrogens is 268 g/mol. The van der Waals surface area contributed by atoms with Gasteiger partial charge in [-0.25, -0.2) is 0 Å². The quantitative estimate of drug-likeness (QED) is 0.847. The van der Waals surface area contributed by atoms with E-state index in [1.165, 1.54) is 0 Å². The van der Waals surface area contributed by atoms with Gasteiger partial charge in [0.2, 0.25) is 5.91 Å². The van der Waals surface area contributed by atoms with Crippen LogP contribution in [0.3, 0.4) is 0 Å². The minimum atomic E-state index is -0.700. The van der Waals surface area contributed by atoms with Crippen molar-refractivity contribution in [3.05, 3.63) is 11.9 Å². The highest BCUT2D eigenvalue weighted by Crippen LogP contribution is 2.33. The van der Waals surface area contributed by atoms with Crippen molar-refractivity contribution < 1.29 is 9.59 Å². The Labute approximate surface area is 124 Å². The van der Waals surface area contributed by atoms with Crippen molar-refractivity contribution in [3.8, 4) is 0 Å². The molecule has 6 heteroatoms. The molecule has 1 aromatic rings. The van der Waals surface area contributed by atoms with Crippen LogP contribution >= 0.6 is 0 Å². The maximum Gasteiger partial charge on any atom is 0.252 e. The lowest BCUT2D eigenvalue weighted by Gasteiger charge is -2.37. The van der Waals surface area contributed by atoms with Gasteiger partial charge in [0.15, 0.2) is 0 Å². The summed E-state index contributed by atoms with van der Waals surface area (Å²) in [6, 6.07) is 0. The van der Waals surface area contributed by atoms with Gasteiger partial charge in [0.05, 0.1) is 11.4 Å². The summed E-state index contributed by atoms with van der Waals surface area (Å²) in [6.07, 6.45) is 6.82. The highest BCUT2D eigenvalue weighted by molar-refractivity contribution is 6.04. The molecule has 2 amide bonds. The first kappa shape index (κ1) is 14.1. The zero-order valence-corrected chi connectivity index (χ0v) is 12.7. The number of carbonyl (C=O) groups is 2. The van der Waals surface area contributed by atoms with Gasteiger partial charge in [0, 0.05) is 26.2 Å². The Kier molecular flexibility index (Phi) is 3.47. The molecule has 21 heavy (non-hydrogen) atoms. The maximum atomic E-state index is 13.1. The predicted molar refractivity (Wildman–Crippen MR) is 78.9 cm³/mol. The van der Waals surface area contributed by atoms with Crippen LogP contribution in [0.1, 0.15) is 44.2 Å². The second-order valence-electron chi connectivity index (χ2n) is 6.17. The Bertz CT molecular complexity index is 572. The number of rotatable bonds is 1. The average molecular weight is 290 g/mol. The number of hydrogen-bond donors (Lipinski definition) is 1. The SMILES string of the molecule is Cc1nn(C)cc1N1CCC(=O)NC2(CCCCC2)C1=O. The molecule has 0 unspecified atom stereocenters. The molecule has 1 spiro atoms. The first-order valence-electron chi connectivity index (χ1n) is 7.65. The van der Waals surface area contributed by atoms with Gasteiger partial charge in [-0.05, 0) is 19.8 Å². The summed E-state index contributed by atoms with van der Waals surface area (Å²) in [5, 5.41) is 7.33. The van der Waals surface area contributed by atoms with Gasteiger partial charge >= 0.3 is 0 Å². The van der Waals surface area contributed by atoms with Crippen molar-refractivity contribution in [2.75, 3.05) is 11.4 Å². The van der Waals surface area contributed by atoms with Gasteiger partial charge in [0.1, 0.15) is 5.54 Å². The number of aromatic nitrogens is 2. The standard InChI is InChI=1S/C15H22N4O2/c1-11-12(10-18(2)17-11)19-9-6-13(20)16-15(14(19)21)7-4-3-5-8-15/h10H,3-9H2,1-2H3,(H,16,20). The van der Waals surface area contributed by atoms with Crippen LogP contribution in [0.4, 0.5) is 5.69 Å². The number of carbonyl (C=O) groups excluding carboxylic acids is 2. The lowest BCUT2D eigenvalue weighted by molar-refractivity contribution is -0.131. The lowest BCUT2D eigenvalue weighted by atomic mass is 9.80. The van der Waals surface area contributed by atoms with Crippen LogP contribution in [0.25, 0.3) is 0 Å². The Morgan fingerprint density at radius 1 is 1.24 bits per heavy atom. The van der Waals surface area contributed by atoms with Crippen molar-refractivity contribution in [2.24, 2.45) is 7.05 Å². The molecule has 2 fully saturated rings. The van der Waals surface area contributed by atoms with Gasteiger partial charge in [-0.1, -0.05) is 19.3 Å². The topological polar surface area (TPSA) is 67.2 Å². The summed E-state index contributed by atoms with van der Waals surface area (Å²) >= 11 is 0. The first-order chi connectivity index (χ1) is 10.0. The van der Waals surface area contributed by atoms with E-state index >= 15 is 0 Å². The number of amides is 2. The molecule has 114 valence electrons. The minimum Gasteiger partial charge on any atom is -0.342 e. The largest absolute Gasteiger partial charge is 0.342 e. The van der Waals surface area contributed by atoms with Gasteiger partial charge in [0.25, 0.3) is 5.91 Å². The summed E-state index contributed by atoms with van der Waals surface area (Å²) in [5.41, 5.74) is 0.948. The molecule has 0 aromatic carbocycles. The highest BCUT2D eigenvalue weighted by atomic mass is 16.2. The van der Waals surface area contributed by atoms with Gasteiger partial charge in [-0.15, -0.1) is 0 Å². The fraction of sp³-hybridized carbons (Fsp3) is 0.667. The number of hydrogen-bond acceptors (Lipinski definition) is 3. The zero-order valence-electron chi connectivity index (χ0n) is 12.7. The molecule has 3 rings (SSSR count). The second-order valence-corrected chi connectivity index (χ2v) is 6.17. The highest BCUT2D eigenvalue weighted by Gasteiger charge is 2.45. The predicted octanol–water partition coefficient (Wildman–Crippen LogP) is 1.28. The van der Waals surface area contributed by atoms with E-state index in [9.17, 15) is 9.59 Å². The van der Waals surface area contributed by atoms with Crippen molar-refractivity contribution in [1.29, 1.82) is 0 Å². The summed E-state index contributed by atoms with van der Waals surface area (Å²) in [5.74, 6) is 0.0124. The average Bonchev–Trinajstić information content (AvgIpc) is 2.73. The van der Waals surface area contributed by atoms with E-state index in [-0.39, 0.29) is 11.8 Å². The van der Waals surface area contributed by atoms with Crippen LogP contribution in [0, 0.1) is 6.92 Å². The van der Waals surface area contributed by atoms with Gasteiger partial charge < -0.3 is 10.2 Å². The lowest BCUT2D eigenvalue weighted by Crippen LogP contribution is -2.58. The van der Waals surface area contributed by atoms with Crippen molar-refractivity contribution in [3.63, 3.8) is 0 Å². The third kappa shape index (κ3) is 2.43. The molecule has 0 radical (unpaired) electrons. The first-order valence-corrected chi connectivity index (χ1v) is 7.65. The molecule has 0 atom stereocenters. The van der Waals surface area contributed by atoms with Crippen molar-refractivity contribution in [1.82, 2.24) is 15.1 Å². The van der Waals surface area contributed by atoms with E-state index < -0.39 is 5.54 Å². The minimum absolute atomic E-state index is 0.0192.